The summed E-state index contributed by atoms with van der Waals surface area (Å²) in [5, 5.41) is 9.20. The first kappa shape index (κ1) is 18.5. The van der Waals surface area contributed by atoms with Crippen LogP contribution in [-0.2, 0) is 19.2 Å². The minimum absolute atomic E-state index is 0.122. The van der Waals surface area contributed by atoms with Crippen LogP contribution in [0.25, 0.3) is 0 Å². The third kappa shape index (κ3) is 3.50. The highest BCUT2D eigenvalue weighted by molar-refractivity contribution is 9.10. The van der Waals surface area contributed by atoms with E-state index >= 15 is 0 Å². The van der Waals surface area contributed by atoms with E-state index in [1.807, 2.05) is 0 Å². The van der Waals surface area contributed by atoms with E-state index in [2.05, 4.69) is 37.2 Å². The molecular weight excluding hydrogens is 444 g/mol. The van der Waals surface area contributed by atoms with Gasteiger partial charge in [0.25, 0.3) is 0 Å². The summed E-state index contributed by atoms with van der Waals surface area (Å²) in [4.78, 5) is 49.9. The van der Waals surface area contributed by atoms with Crippen molar-refractivity contribution in [1.82, 2.24) is 21.3 Å². The largest absolute Gasteiger partial charge is 0.302 e. The van der Waals surface area contributed by atoms with Crippen LogP contribution in [0.2, 0.25) is 0 Å². The maximum absolute atomic E-state index is 12.5. The number of nitrogens with one attached hydrogen (secondary N) is 4. The number of rotatable bonds is 3. The van der Waals surface area contributed by atoms with E-state index in [9.17, 15) is 19.2 Å². The van der Waals surface area contributed by atoms with Gasteiger partial charge in [-0.25, -0.2) is 0 Å². The Kier molecular flexibility index (Phi) is 5.12. The molecule has 3 rings (SSSR count). The highest BCUT2D eigenvalue weighted by Gasteiger charge is 2.49. The average Bonchev–Trinajstić information content (AvgIpc) is 2.51. The molecule has 4 N–H and O–H groups in total. The molecule has 11 heteroatoms. The fourth-order valence-electron chi connectivity index (χ4n) is 3.00. The number of carbonyl (C=O) groups excluding carboxylic acids is 4. The van der Waals surface area contributed by atoms with Crippen molar-refractivity contribution in [1.29, 1.82) is 0 Å². The standard InChI is InChI=1S/C15H11BrN4O4S2/c16-6-3-1-2-5(4-6)7(8-10(21)17-14(25)18-11(8)22)9-12(23)19-15(26)20-13(9)24/h1-4,7-9H,(H2,17,18,21,22,25)(H2,19,20,23,24,26). The van der Waals surface area contributed by atoms with Gasteiger partial charge in [0.2, 0.25) is 23.6 Å². The van der Waals surface area contributed by atoms with Crippen LogP contribution in [0.15, 0.2) is 28.7 Å². The van der Waals surface area contributed by atoms with Crippen LogP contribution in [0, 0.1) is 11.8 Å². The molecule has 26 heavy (non-hydrogen) atoms. The van der Waals surface area contributed by atoms with Crippen LogP contribution < -0.4 is 21.3 Å². The first-order valence-electron chi connectivity index (χ1n) is 7.35. The Morgan fingerprint density at radius 2 is 1.23 bits per heavy atom. The second-order valence-electron chi connectivity index (χ2n) is 5.65. The molecule has 0 bridgehead atoms. The Labute approximate surface area is 166 Å². The summed E-state index contributed by atoms with van der Waals surface area (Å²) < 4.78 is 0.666. The SMILES string of the molecule is O=C1NC(=S)NC(=O)C1C(c1cccc(Br)c1)C1C(=O)NC(=S)NC1=O. The Balaban J connectivity index is 2.11. The van der Waals surface area contributed by atoms with Gasteiger partial charge in [-0.3, -0.25) is 19.2 Å². The Bertz CT molecular complexity index is 787. The van der Waals surface area contributed by atoms with E-state index in [1.54, 1.807) is 24.3 Å². The zero-order valence-electron chi connectivity index (χ0n) is 12.9. The predicted molar refractivity (Wildman–Crippen MR) is 102 cm³/mol. The Morgan fingerprint density at radius 1 is 0.808 bits per heavy atom. The predicted octanol–water partition coefficient (Wildman–Crippen LogP) is -0.173. The summed E-state index contributed by atoms with van der Waals surface area (Å²) in [6.07, 6.45) is 0. The van der Waals surface area contributed by atoms with Gasteiger partial charge in [-0.2, -0.15) is 0 Å². The fourth-order valence-corrected chi connectivity index (χ4v) is 3.82. The van der Waals surface area contributed by atoms with Gasteiger partial charge in [0.1, 0.15) is 11.8 Å². The van der Waals surface area contributed by atoms with Gasteiger partial charge in [0.15, 0.2) is 10.2 Å². The minimum Gasteiger partial charge on any atom is -0.302 e. The number of benzene rings is 1. The van der Waals surface area contributed by atoms with E-state index in [0.717, 1.165) is 0 Å². The molecule has 0 radical (unpaired) electrons. The van der Waals surface area contributed by atoms with Crippen LogP contribution in [0.3, 0.4) is 0 Å². The molecule has 0 spiro atoms. The summed E-state index contributed by atoms with van der Waals surface area (Å²) in [7, 11) is 0. The third-order valence-electron chi connectivity index (χ3n) is 4.03. The molecule has 0 atom stereocenters. The molecule has 2 fully saturated rings. The van der Waals surface area contributed by atoms with Crippen LogP contribution in [-0.4, -0.2) is 33.9 Å². The van der Waals surface area contributed by atoms with Crippen LogP contribution in [0.4, 0.5) is 0 Å². The highest BCUT2D eigenvalue weighted by Crippen LogP contribution is 2.36. The lowest BCUT2D eigenvalue weighted by Crippen LogP contribution is -2.62. The van der Waals surface area contributed by atoms with Gasteiger partial charge < -0.3 is 21.3 Å². The van der Waals surface area contributed by atoms with Crippen molar-refractivity contribution in [3.8, 4) is 0 Å². The highest BCUT2D eigenvalue weighted by atomic mass is 79.9. The zero-order chi connectivity index (χ0) is 19.0. The van der Waals surface area contributed by atoms with Crippen molar-refractivity contribution in [2.45, 2.75) is 5.92 Å². The van der Waals surface area contributed by atoms with Gasteiger partial charge in [-0.15, -0.1) is 0 Å². The summed E-state index contributed by atoms with van der Waals surface area (Å²) in [5.41, 5.74) is 0.464. The summed E-state index contributed by atoms with van der Waals surface area (Å²) >= 11 is 12.9. The molecule has 134 valence electrons. The van der Waals surface area contributed by atoms with Crippen molar-refractivity contribution in [2.75, 3.05) is 0 Å². The smallest absolute Gasteiger partial charge is 0.239 e. The van der Waals surface area contributed by atoms with Gasteiger partial charge in [0.05, 0.1) is 0 Å². The van der Waals surface area contributed by atoms with E-state index in [4.69, 9.17) is 24.4 Å². The molecule has 0 unspecified atom stereocenters. The van der Waals surface area contributed by atoms with Crippen LogP contribution >= 0.6 is 40.4 Å². The molecule has 2 saturated heterocycles. The summed E-state index contributed by atoms with van der Waals surface area (Å²) in [6.45, 7) is 0. The summed E-state index contributed by atoms with van der Waals surface area (Å²) in [6, 6.07) is 6.70. The summed E-state index contributed by atoms with van der Waals surface area (Å²) in [5.74, 6) is -6.45. The van der Waals surface area contributed by atoms with Crippen molar-refractivity contribution in [3.05, 3.63) is 34.3 Å². The van der Waals surface area contributed by atoms with Crippen molar-refractivity contribution in [3.63, 3.8) is 0 Å². The lowest BCUT2D eigenvalue weighted by atomic mass is 9.74. The zero-order valence-corrected chi connectivity index (χ0v) is 16.1. The van der Waals surface area contributed by atoms with Crippen LogP contribution in [0.5, 0.6) is 0 Å². The van der Waals surface area contributed by atoms with Crippen molar-refractivity contribution in [2.24, 2.45) is 11.8 Å². The van der Waals surface area contributed by atoms with Crippen LogP contribution in [0.1, 0.15) is 11.5 Å². The van der Waals surface area contributed by atoms with Crippen molar-refractivity contribution >= 4 is 74.2 Å². The fraction of sp³-hybridized carbons (Fsp3) is 0.200. The van der Waals surface area contributed by atoms with Gasteiger partial charge in [-0.05, 0) is 42.1 Å². The Morgan fingerprint density at radius 3 is 1.62 bits per heavy atom. The third-order valence-corrected chi connectivity index (χ3v) is 4.93. The quantitative estimate of drug-likeness (QED) is 0.372. The maximum atomic E-state index is 12.5. The normalized spacial score (nSPS) is 19.2. The molecule has 0 aromatic heterocycles. The van der Waals surface area contributed by atoms with Gasteiger partial charge >= 0.3 is 0 Å². The second-order valence-corrected chi connectivity index (χ2v) is 7.38. The number of carbonyl (C=O) groups is 4. The molecule has 0 aliphatic carbocycles. The topological polar surface area (TPSA) is 116 Å². The number of hydrogen-bond donors (Lipinski definition) is 4. The van der Waals surface area contributed by atoms with Gasteiger partial charge in [0, 0.05) is 10.4 Å². The molecule has 1 aromatic carbocycles. The number of halogens is 1. The Hall–Kier alpha value is -2.24. The molecule has 2 heterocycles. The van der Waals surface area contributed by atoms with E-state index in [-0.39, 0.29) is 10.2 Å². The lowest BCUT2D eigenvalue weighted by Gasteiger charge is -2.35. The molecule has 1 aromatic rings. The average molecular weight is 455 g/mol. The second kappa shape index (κ2) is 7.17. The number of amides is 4. The first-order chi connectivity index (χ1) is 12.3. The molecule has 2 aliphatic heterocycles. The lowest BCUT2D eigenvalue weighted by molar-refractivity contribution is -0.140. The molecule has 8 nitrogen and oxygen atoms in total. The minimum atomic E-state index is -1.33. The van der Waals surface area contributed by atoms with Crippen molar-refractivity contribution < 1.29 is 19.2 Å². The molecular formula is C15H11BrN4O4S2. The van der Waals surface area contributed by atoms with Gasteiger partial charge in [-0.1, -0.05) is 28.1 Å². The number of hydrogen-bond acceptors (Lipinski definition) is 6. The van der Waals surface area contributed by atoms with E-state index in [1.165, 1.54) is 0 Å². The molecule has 2 aliphatic rings. The molecule has 4 amide bonds. The molecule has 0 saturated carbocycles. The van der Waals surface area contributed by atoms with E-state index in [0.29, 0.717) is 10.0 Å². The first-order valence-corrected chi connectivity index (χ1v) is 8.95. The number of thiocarbonyl (C=S) groups is 2. The van der Waals surface area contributed by atoms with E-state index < -0.39 is 41.4 Å². The maximum Gasteiger partial charge on any atom is 0.239 e. The monoisotopic (exact) mass is 454 g/mol.